The Bertz CT molecular complexity index is 983. The molecule has 1 aliphatic heterocycles. The van der Waals surface area contributed by atoms with Crippen molar-refractivity contribution in [3.8, 4) is 0 Å². The van der Waals surface area contributed by atoms with E-state index in [4.69, 9.17) is 4.74 Å². The summed E-state index contributed by atoms with van der Waals surface area (Å²) in [7, 11) is -3.70. The van der Waals surface area contributed by atoms with Crippen molar-refractivity contribution in [2.45, 2.75) is 4.90 Å². The summed E-state index contributed by atoms with van der Waals surface area (Å²) in [4.78, 5) is 23.8. The van der Waals surface area contributed by atoms with Crippen molar-refractivity contribution in [3.05, 3.63) is 59.7 Å². The summed E-state index contributed by atoms with van der Waals surface area (Å²) in [5.74, 6) is -1.45. The molecule has 0 aliphatic carbocycles. The number of anilines is 1. The normalized spacial score (nSPS) is 15.1. The molecule has 0 aromatic heterocycles. The highest BCUT2D eigenvalue weighted by molar-refractivity contribution is 7.89. The van der Waals surface area contributed by atoms with Gasteiger partial charge in [-0.15, -0.1) is 0 Å². The second kappa shape index (κ2) is 8.51. The van der Waals surface area contributed by atoms with Gasteiger partial charge in [0.25, 0.3) is 0 Å². The van der Waals surface area contributed by atoms with Gasteiger partial charge in [0.15, 0.2) is 5.78 Å². The lowest BCUT2D eigenvalue weighted by Gasteiger charge is -2.26. The summed E-state index contributed by atoms with van der Waals surface area (Å²) in [6.45, 7) is 1.06. The molecule has 0 radical (unpaired) electrons. The van der Waals surface area contributed by atoms with Gasteiger partial charge in [-0.05, 0) is 24.3 Å². The van der Waals surface area contributed by atoms with Crippen LogP contribution in [0.1, 0.15) is 20.7 Å². The number of ketones is 1. The summed E-state index contributed by atoms with van der Waals surface area (Å²) in [5.41, 5.74) is 0.606. The number of ether oxygens (including phenoxy) is 1. The van der Waals surface area contributed by atoms with Crippen LogP contribution in [0.2, 0.25) is 0 Å². The van der Waals surface area contributed by atoms with Crippen molar-refractivity contribution in [1.82, 2.24) is 4.31 Å². The number of nitrogens with zero attached hydrogens (tertiary/aromatic N) is 1. The number of hydrogen-bond acceptors (Lipinski definition) is 6. The Balaban J connectivity index is 1.75. The molecule has 0 atom stereocenters. The van der Waals surface area contributed by atoms with Gasteiger partial charge < -0.3 is 15.2 Å². The molecule has 0 amide bonds. The van der Waals surface area contributed by atoms with Crippen LogP contribution in [0.15, 0.2) is 53.4 Å². The third-order valence-electron chi connectivity index (χ3n) is 4.36. The van der Waals surface area contributed by atoms with Gasteiger partial charge in [0.2, 0.25) is 10.0 Å². The predicted octanol–water partition coefficient (Wildman–Crippen LogP) is 1.70. The predicted molar refractivity (Wildman–Crippen MR) is 102 cm³/mol. The molecule has 1 fully saturated rings. The average Bonchev–Trinajstić information content (AvgIpc) is 2.73. The topological polar surface area (TPSA) is 113 Å². The van der Waals surface area contributed by atoms with E-state index in [-0.39, 0.29) is 41.4 Å². The van der Waals surface area contributed by atoms with Gasteiger partial charge in [-0.1, -0.05) is 24.3 Å². The second-order valence-electron chi connectivity index (χ2n) is 6.17. The van der Waals surface area contributed by atoms with E-state index in [1.54, 1.807) is 18.2 Å². The molecule has 9 heteroatoms. The number of carboxylic acid groups (broad SMARTS) is 1. The Labute approximate surface area is 162 Å². The van der Waals surface area contributed by atoms with E-state index >= 15 is 0 Å². The van der Waals surface area contributed by atoms with E-state index in [0.29, 0.717) is 18.9 Å². The van der Waals surface area contributed by atoms with Gasteiger partial charge in [-0.2, -0.15) is 4.31 Å². The first-order valence-corrected chi connectivity index (χ1v) is 10.1. The zero-order valence-corrected chi connectivity index (χ0v) is 15.8. The summed E-state index contributed by atoms with van der Waals surface area (Å²) >= 11 is 0. The van der Waals surface area contributed by atoms with Crippen molar-refractivity contribution in [3.63, 3.8) is 0 Å². The number of sulfonamides is 1. The standard InChI is InChI=1S/C19H20N2O6S/c22-18(13-20-17-7-2-1-6-16(17)19(23)24)14-4-3-5-15(12-14)28(25,26)21-8-10-27-11-9-21/h1-7,12,20H,8-11,13H2,(H,23,24). The van der Waals surface area contributed by atoms with Gasteiger partial charge in [0.05, 0.1) is 30.2 Å². The van der Waals surface area contributed by atoms with Crippen molar-refractivity contribution < 1.29 is 27.9 Å². The lowest BCUT2D eigenvalue weighted by molar-refractivity contribution is 0.0697. The lowest BCUT2D eigenvalue weighted by Crippen LogP contribution is -2.40. The minimum Gasteiger partial charge on any atom is -0.478 e. The summed E-state index contributed by atoms with van der Waals surface area (Å²) in [5, 5.41) is 12.0. The van der Waals surface area contributed by atoms with E-state index < -0.39 is 16.0 Å². The molecule has 28 heavy (non-hydrogen) atoms. The molecule has 8 nitrogen and oxygen atoms in total. The zero-order chi connectivity index (χ0) is 20.1. The van der Waals surface area contributed by atoms with Gasteiger partial charge in [-0.25, -0.2) is 13.2 Å². The van der Waals surface area contributed by atoms with Crippen LogP contribution in [0, 0.1) is 0 Å². The number of rotatable bonds is 7. The highest BCUT2D eigenvalue weighted by Gasteiger charge is 2.26. The second-order valence-corrected chi connectivity index (χ2v) is 8.11. The number of para-hydroxylation sites is 1. The van der Waals surface area contributed by atoms with Crippen LogP contribution in [0.3, 0.4) is 0 Å². The number of morpholine rings is 1. The van der Waals surface area contributed by atoms with E-state index in [1.807, 2.05) is 0 Å². The number of nitrogens with one attached hydrogen (secondary N) is 1. The molecular formula is C19H20N2O6S. The molecule has 148 valence electrons. The number of carbonyl (C=O) groups is 2. The molecule has 3 rings (SSSR count). The molecule has 1 heterocycles. The lowest BCUT2D eigenvalue weighted by atomic mass is 10.1. The number of carboxylic acids is 1. The molecule has 0 bridgehead atoms. The van der Waals surface area contributed by atoms with Crippen molar-refractivity contribution >= 4 is 27.5 Å². The van der Waals surface area contributed by atoms with E-state index in [9.17, 15) is 23.1 Å². The maximum Gasteiger partial charge on any atom is 0.337 e. The van der Waals surface area contributed by atoms with Crippen LogP contribution in [0.25, 0.3) is 0 Å². The molecule has 0 spiro atoms. The number of aromatic carboxylic acids is 1. The van der Waals surface area contributed by atoms with Gasteiger partial charge >= 0.3 is 5.97 Å². The summed E-state index contributed by atoms with van der Waals surface area (Å²) in [6, 6.07) is 12.1. The smallest absolute Gasteiger partial charge is 0.337 e. The first-order chi connectivity index (χ1) is 13.4. The first kappa shape index (κ1) is 20.0. The summed E-state index contributed by atoms with van der Waals surface area (Å²) < 4.78 is 32.0. The highest BCUT2D eigenvalue weighted by Crippen LogP contribution is 2.19. The van der Waals surface area contributed by atoms with Crippen LogP contribution in [-0.2, 0) is 14.8 Å². The average molecular weight is 404 g/mol. The minimum absolute atomic E-state index is 0.0474. The zero-order valence-electron chi connectivity index (χ0n) is 15.0. The van der Waals surface area contributed by atoms with Crippen LogP contribution < -0.4 is 5.32 Å². The number of benzene rings is 2. The molecule has 0 unspecified atom stereocenters. The Hall–Kier alpha value is -2.75. The Morgan fingerprint density at radius 3 is 2.50 bits per heavy atom. The molecule has 1 saturated heterocycles. The minimum atomic E-state index is -3.70. The van der Waals surface area contributed by atoms with E-state index in [0.717, 1.165) is 0 Å². The molecule has 2 aromatic rings. The van der Waals surface area contributed by atoms with Gasteiger partial charge in [0.1, 0.15) is 0 Å². The Kier molecular flexibility index (Phi) is 6.08. The third kappa shape index (κ3) is 4.38. The number of Topliss-reactive ketones (excluding diaryl/α,β-unsaturated/α-hetero) is 1. The number of carbonyl (C=O) groups excluding carboxylic acids is 1. The van der Waals surface area contributed by atoms with E-state index in [1.165, 1.54) is 34.6 Å². The fraction of sp³-hybridized carbons (Fsp3) is 0.263. The largest absolute Gasteiger partial charge is 0.478 e. The SMILES string of the molecule is O=C(CNc1ccccc1C(=O)O)c1cccc(S(=O)(=O)N2CCOCC2)c1. The molecular weight excluding hydrogens is 384 g/mol. The quantitative estimate of drug-likeness (QED) is 0.675. The first-order valence-electron chi connectivity index (χ1n) is 8.67. The monoisotopic (exact) mass is 404 g/mol. The molecule has 0 saturated carbocycles. The van der Waals surface area contributed by atoms with Gasteiger partial charge in [0, 0.05) is 24.3 Å². The van der Waals surface area contributed by atoms with E-state index in [2.05, 4.69) is 5.32 Å². The Morgan fingerprint density at radius 2 is 1.79 bits per heavy atom. The molecule has 2 aromatic carbocycles. The van der Waals surface area contributed by atoms with Crippen LogP contribution in [0.5, 0.6) is 0 Å². The molecule has 1 aliphatic rings. The van der Waals surface area contributed by atoms with Crippen LogP contribution >= 0.6 is 0 Å². The third-order valence-corrected chi connectivity index (χ3v) is 6.26. The van der Waals surface area contributed by atoms with Crippen LogP contribution in [-0.4, -0.2) is 62.4 Å². The maximum atomic E-state index is 12.7. The fourth-order valence-electron chi connectivity index (χ4n) is 2.87. The molecule has 2 N–H and O–H groups in total. The summed E-state index contributed by atoms with van der Waals surface area (Å²) in [6.07, 6.45) is 0. The maximum absolute atomic E-state index is 12.7. The van der Waals surface area contributed by atoms with Crippen molar-refractivity contribution in [2.75, 3.05) is 38.2 Å². The van der Waals surface area contributed by atoms with Crippen molar-refractivity contribution in [1.29, 1.82) is 0 Å². The van der Waals surface area contributed by atoms with Crippen molar-refractivity contribution in [2.24, 2.45) is 0 Å². The van der Waals surface area contributed by atoms with Gasteiger partial charge in [-0.3, -0.25) is 4.79 Å². The Morgan fingerprint density at radius 1 is 1.07 bits per heavy atom. The fourth-order valence-corrected chi connectivity index (χ4v) is 4.32. The number of hydrogen-bond donors (Lipinski definition) is 2. The van der Waals surface area contributed by atoms with Crippen LogP contribution in [0.4, 0.5) is 5.69 Å². The highest BCUT2D eigenvalue weighted by atomic mass is 32.2.